The van der Waals surface area contributed by atoms with Gasteiger partial charge in [0.2, 0.25) is 5.91 Å². The number of hydrogen-bond acceptors (Lipinski definition) is 6. The number of aromatic nitrogens is 4. The van der Waals surface area contributed by atoms with Crippen LogP contribution in [0.25, 0.3) is 5.69 Å². The molecule has 1 aliphatic heterocycles. The van der Waals surface area contributed by atoms with Crippen LogP contribution in [0.1, 0.15) is 37.4 Å². The Balaban J connectivity index is 1.59. The monoisotopic (exact) mass is 346 g/mol. The largest absolute Gasteiger partial charge is 0.381 e. The van der Waals surface area contributed by atoms with E-state index in [2.05, 4.69) is 20.8 Å². The molecule has 0 bridgehead atoms. The van der Waals surface area contributed by atoms with Crippen LogP contribution in [-0.4, -0.2) is 44.9 Å². The van der Waals surface area contributed by atoms with E-state index in [1.807, 2.05) is 0 Å². The molecule has 1 aliphatic carbocycles. The van der Waals surface area contributed by atoms with E-state index in [-0.39, 0.29) is 17.5 Å². The summed E-state index contributed by atoms with van der Waals surface area (Å²) < 4.78 is 20.9. The fourth-order valence-corrected chi connectivity index (χ4v) is 2.93. The van der Waals surface area contributed by atoms with Crippen molar-refractivity contribution in [1.29, 1.82) is 0 Å². The predicted octanol–water partition coefficient (Wildman–Crippen LogP) is 1.13. The van der Waals surface area contributed by atoms with E-state index in [9.17, 15) is 9.18 Å². The van der Waals surface area contributed by atoms with E-state index < -0.39 is 11.4 Å². The van der Waals surface area contributed by atoms with Crippen LogP contribution in [0.3, 0.4) is 0 Å². The van der Waals surface area contributed by atoms with E-state index in [4.69, 9.17) is 10.5 Å². The molecule has 0 unspecified atom stereocenters. The zero-order valence-corrected chi connectivity index (χ0v) is 13.6. The molecule has 1 amide bonds. The maximum Gasteiger partial charge on any atom is 0.244 e. The molecule has 8 nitrogen and oxygen atoms in total. The van der Waals surface area contributed by atoms with Crippen LogP contribution in [0.5, 0.6) is 0 Å². The van der Waals surface area contributed by atoms with Crippen LogP contribution < -0.4 is 11.1 Å². The second kappa shape index (κ2) is 6.16. The number of nitrogens with zero attached hydrogens (tertiary/aromatic N) is 4. The number of rotatable bonds is 4. The van der Waals surface area contributed by atoms with Crippen molar-refractivity contribution in [2.45, 2.75) is 37.1 Å². The maximum absolute atomic E-state index is 14.3. The topological polar surface area (TPSA) is 108 Å². The van der Waals surface area contributed by atoms with Gasteiger partial charge in [0.25, 0.3) is 0 Å². The number of halogens is 1. The molecule has 2 aromatic rings. The Morgan fingerprint density at radius 1 is 1.36 bits per heavy atom. The predicted molar refractivity (Wildman–Crippen MR) is 86.7 cm³/mol. The van der Waals surface area contributed by atoms with Crippen molar-refractivity contribution in [3.63, 3.8) is 0 Å². The summed E-state index contributed by atoms with van der Waals surface area (Å²) in [5.74, 6) is 0.150. The quantitative estimate of drug-likeness (QED) is 0.859. The summed E-state index contributed by atoms with van der Waals surface area (Å²) in [5, 5.41) is 14.3. The van der Waals surface area contributed by atoms with E-state index >= 15 is 0 Å². The Bertz CT molecular complexity index is 798. The number of hydrogen-bond donors (Lipinski definition) is 2. The lowest BCUT2D eigenvalue weighted by atomic mass is 9.90. The lowest BCUT2D eigenvalue weighted by Gasteiger charge is -2.31. The van der Waals surface area contributed by atoms with E-state index in [1.165, 1.54) is 22.9 Å². The van der Waals surface area contributed by atoms with Gasteiger partial charge in [0.15, 0.2) is 5.82 Å². The fourth-order valence-electron chi connectivity index (χ4n) is 2.93. The summed E-state index contributed by atoms with van der Waals surface area (Å²) in [6.45, 7) is 0.905. The number of amides is 1. The maximum atomic E-state index is 14.3. The Morgan fingerprint density at radius 2 is 2.12 bits per heavy atom. The number of nitrogens with one attached hydrogen (secondary N) is 1. The third-order valence-electron chi connectivity index (χ3n) is 4.71. The lowest BCUT2D eigenvalue weighted by Crippen LogP contribution is -2.54. The number of carbonyl (C=O) groups excluding carboxylic acids is 1. The molecule has 2 heterocycles. The molecule has 9 heteroatoms. The van der Waals surface area contributed by atoms with Crippen LogP contribution >= 0.6 is 0 Å². The fraction of sp³-hybridized carbons (Fsp3) is 0.500. The van der Waals surface area contributed by atoms with Gasteiger partial charge >= 0.3 is 0 Å². The van der Waals surface area contributed by atoms with Gasteiger partial charge in [-0.3, -0.25) is 4.79 Å². The van der Waals surface area contributed by atoms with Crippen molar-refractivity contribution in [3.8, 4) is 5.69 Å². The van der Waals surface area contributed by atoms with Crippen molar-refractivity contribution in [2.75, 3.05) is 18.5 Å². The molecule has 0 radical (unpaired) electrons. The van der Waals surface area contributed by atoms with Gasteiger partial charge in [-0.05, 0) is 54.3 Å². The van der Waals surface area contributed by atoms with Crippen molar-refractivity contribution < 1.29 is 13.9 Å². The minimum absolute atomic E-state index is 0.211. The van der Waals surface area contributed by atoms with Crippen LogP contribution in [-0.2, 0) is 9.53 Å². The highest BCUT2D eigenvalue weighted by molar-refractivity contribution is 5.98. The molecule has 132 valence electrons. The zero-order chi connectivity index (χ0) is 17.4. The molecule has 25 heavy (non-hydrogen) atoms. The molecule has 0 atom stereocenters. The van der Waals surface area contributed by atoms with Crippen molar-refractivity contribution in [1.82, 2.24) is 20.2 Å². The molecule has 2 fully saturated rings. The molecule has 2 aliphatic rings. The Kier molecular flexibility index (Phi) is 3.97. The summed E-state index contributed by atoms with van der Waals surface area (Å²) >= 11 is 0. The average Bonchev–Trinajstić information content (AvgIpc) is 3.34. The number of anilines is 1. The third-order valence-corrected chi connectivity index (χ3v) is 4.71. The summed E-state index contributed by atoms with van der Waals surface area (Å²) in [7, 11) is 0. The molecule has 1 saturated carbocycles. The van der Waals surface area contributed by atoms with E-state index in [1.54, 1.807) is 0 Å². The molecular formula is C16H19FN6O2. The molecule has 1 aromatic heterocycles. The number of benzene rings is 1. The Hall–Kier alpha value is -2.39. The first kappa shape index (κ1) is 16.1. The summed E-state index contributed by atoms with van der Waals surface area (Å²) in [6.07, 6.45) is 2.89. The molecule has 0 spiro atoms. The van der Waals surface area contributed by atoms with E-state index in [0.717, 1.165) is 12.8 Å². The van der Waals surface area contributed by atoms with Gasteiger partial charge in [-0.25, -0.2) is 4.39 Å². The van der Waals surface area contributed by atoms with Crippen molar-refractivity contribution in [3.05, 3.63) is 29.8 Å². The van der Waals surface area contributed by atoms with Gasteiger partial charge in [0.1, 0.15) is 17.0 Å². The highest BCUT2D eigenvalue weighted by atomic mass is 19.1. The number of nitrogens with two attached hydrogens (primary N) is 1. The first-order valence-electron chi connectivity index (χ1n) is 8.33. The first-order chi connectivity index (χ1) is 12.1. The smallest absolute Gasteiger partial charge is 0.244 e. The van der Waals surface area contributed by atoms with Crippen LogP contribution in [0.2, 0.25) is 0 Å². The summed E-state index contributed by atoms with van der Waals surface area (Å²) in [5.41, 5.74) is 5.87. The SMILES string of the molecule is NC1(C(=O)Nc2ccc(F)c(-n3nnnc3C3CC3)c2)CCOCC1. The molecular weight excluding hydrogens is 327 g/mol. The van der Waals surface area contributed by atoms with Gasteiger partial charge in [-0.2, -0.15) is 4.68 Å². The number of ether oxygens (including phenoxy) is 1. The van der Waals surface area contributed by atoms with Gasteiger partial charge in [-0.1, -0.05) is 0 Å². The first-order valence-corrected chi connectivity index (χ1v) is 8.33. The molecule has 1 saturated heterocycles. The second-order valence-electron chi connectivity index (χ2n) is 6.61. The average molecular weight is 346 g/mol. The number of tetrazole rings is 1. The molecule has 4 rings (SSSR count). The van der Waals surface area contributed by atoms with E-state index in [0.29, 0.717) is 37.6 Å². The van der Waals surface area contributed by atoms with Crippen LogP contribution in [0.4, 0.5) is 10.1 Å². The Morgan fingerprint density at radius 3 is 2.84 bits per heavy atom. The lowest BCUT2D eigenvalue weighted by molar-refractivity contribution is -0.124. The standard InChI is InChI=1S/C16H19FN6O2/c17-12-4-3-11(19-15(24)16(18)5-7-25-8-6-16)9-13(12)23-14(10-1-2-10)20-21-22-23/h3-4,9-10H,1-2,5-8,18H2,(H,19,24). The highest BCUT2D eigenvalue weighted by Crippen LogP contribution is 2.39. The minimum Gasteiger partial charge on any atom is -0.381 e. The van der Waals surface area contributed by atoms with Gasteiger partial charge in [0, 0.05) is 24.8 Å². The van der Waals surface area contributed by atoms with Crippen LogP contribution in [0, 0.1) is 5.82 Å². The van der Waals surface area contributed by atoms with Crippen molar-refractivity contribution in [2.24, 2.45) is 5.73 Å². The highest BCUT2D eigenvalue weighted by Gasteiger charge is 2.36. The summed E-state index contributed by atoms with van der Waals surface area (Å²) in [6, 6.07) is 4.31. The van der Waals surface area contributed by atoms with Crippen LogP contribution in [0.15, 0.2) is 18.2 Å². The zero-order valence-electron chi connectivity index (χ0n) is 13.6. The normalized spacial score (nSPS) is 19.6. The number of carbonyl (C=O) groups is 1. The van der Waals surface area contributed by atoms with Crippen molar-refractivity contribution >= 4 is 11.6 Å². The second-order valence-corrected chi connectivity index (χ2v) is 6.61. The third kappa shape index (κ3) is 3.12. The van der Waals surface area contributed by atoms with Gasteiger partial charge < -0.3 is 15.8 Å². The minimum atomic E-state index is -0.971. The van der Waals surface area contributed by atoms with Gasteiger partial charge in [0.05, 0.1) is 0 Å². The molecule has 1 aromatic carbocycles. The summed E-state index contributed by atoms with van der Waals surface area (Å²) in [4.78, 5) is 12.5. The van der Waals surface area contributed by atoms with Gasteiger partial charge in [-0.15, -0.1) is 5.10 Å². The Labute approximate surface area is 143 Å². The molecule has 3 N–H and O–H groups in total.